The van der Waals surface area contributed by atoms with E-state index < -0.39 is 0 Å². The topological polar surface area (TPSA) is 44.5 Å². The van der Waals surface area contributed by atoms with Crippen LogP contribution in [0.3, 0.4) is 0 Å². The standard InChI is InChI=1S/C12H17NO2S/c1-9(13)7-16-8-10-6-14-11-4-2-3-5-12(11)15-10/h2-5,9-10H,6-8,13H2,1H3. The number of hydrogen-bond donors (Lipinski definition) is 1. The van der Waals surface area contributed by atoms with Crippen molar-refractivity contribution in [1.29, 1.82) is 0 Å². The van der Waals surface area contributed by atoms with Crippen molar-refractivity contribution in [2.24, 2.45) is 5.73 Å². The fraction of sp³-hybridized carbons (Fsp3) is 0.500. The molecule has 0 bridgehead atoms. The van der Waals surface area contributed by atoms with Crippen LogP contribution < -0.4 is 15.2 Å². The first kappa shape index (κ1) is 11.6. The zero-order valence-corrected chi connectivity index (χ0v) is 10.2. The van der Waals surface area contributed by atoms with E-state index in [1.54, 1.807) is 0 Å². The summed E-state index contributed by atoms with van der Waals surface area (Å²) in [5.41, 5.74) is 5.69. The number of nitrogens with two attached hydrogens (primary N) is 1. The summed E-state index contributed by atoms with van der Waals surface area (Å²) in [6, 6.07) is 8.02. The molecular weight excluding hydrogens is 222 g/mol. The van der Waals surface area contributed by atoms with Gasteiger partial charge in [0.05, 0.1) is 0 Å². The van der Waals surface area contributed by atoms with Gasteiger partial charge in [-0.3, -0.25) is 0 Å². The van der Waals surface area contributed by atoms with Gasteiger partial charge in [-0.05, 0) is 19.1 Å². The van der Waals surface area contributed by atoms with Crippen molar-refractivity contribution in [2.75, 3.05) is 18.1 Å². The summed E-state index contributed by atoms with van der Waals surface area (Å²) >= 11 is 1.81. The lowest BCUT2D eigenvalue weighted by Gasteiger charge is -2.26. The molecule has 0 spiro atoms. The highest BCUT2D eigenvalue weighted by atomic mass is 32.2. The van der Waals surface area contributed by atoms with Gasteiger partial charge >= 0.3 is 0 Å². The second-order valence-corrected chi connectivity index (χ2v) is 5.09. The molecule has 0 aromatic heterocycles. The molecule has 0 fully saturated rings. The van der Waals surface area contributed by atoms with Crippen LogP contribution in [0.25, 0.3) is 0 Å². The highest BCUT2D eigenvalue weighted by Crippen LogP contribution is 2.31. The Bertz CT molecular complexity index is 344. The van der Waals surface area contributed by atoms with E-state index in [4.69, 9.17) is 15.2 Å². The Hall–Kier alpha value is -0.870. The molecule has 0 aliphatic carbocycles. The van der Waals surface area contributed by atoms with Crippen LogP contribution in [0.5, 0.6) is 11.5 Å². The van der Waals surface area contributed by atoms with Gasteiger partial charge in [0.25, 0.3) is 0 Å². The van der Waals surface area contributed by atoms with E-state index >= 15 is 0 Å². The number of ether oxygens (including phenoxy) is 2. The van der Waals surface area contributed by atoms with Crippen molar-refractivity contribution in [3.63, 3.8) is 0 Å². The average molecular weight is 239 g/mol. The minimum absolute atomic E-state index is 0.138. The Balaban J connectivity index is 1.83. The van der Waals surface area contributed by atoms with E-state index in [0.29, 0.717) is 6.61 Å². The van der Waals surface area contributed by atoms with Crippen LogP contribution in [-0.2, 0) is 0 Å². The molecule has 0 radical (unpaired) electrons. The average Bonchev–Trinajstić information content (AvgIpc) is 2.28. The van der Waals surface area contributed by atoms with Crippen molar-refractivity contribution in [2.45, 2.75) is 19.1 Å². The first-order chi connectivity index (χ1) is 7.75. The molecule has 0 amide bonds. The van der Waals surface area contributed by atoms with E-state index in [1.807, 2.05) is 43.0 Å². The Labute approximate surface area is 100 Å². The van der Waals surface area contributed by atoms with E-state index in [9.17, 15) is 0 Å². The first-order valence-corrected chi connectivity index (χ1v) is 6.63. The maximum absolute atomic E-state index is 5.83. The molecule has 0 saturated carbocycles. The lowest BCUT2D eigenvalue weighted by Crippen LogP contribution is -2.32. The molecule has 2 N–H and O–H groups in total. The smallest absolute Gasteiger partial charge is 0.161 e. The summed E-state index contributed by atoms with van der Waals surface area (Å²) in [5.74, 6) is 3.58. The van der Waals surface area contributed by atoms with Crippen LogP contribution in [0.15, 0.2) is 24.3 Å². The molecule has 2 rings (SSSR count). The molecule has 88 valence electrons. The van der Waals surface area contributed by atoms with Gasteiger partial charge in [-0.15, -0.1) is 0 Å². The largest absolute Gasteiger partial charge is 0.486 e. The van der Waals surface area contributed by atoms with Gasteiger partial charge in [0.15, 0.2) is 11.5 Å². The number of fused-ring (bicyclic) bond motifs is 1. The highest BCUT2D eigenvalue weighted by Gasteiger charge is 2.20. The monoisotopic (exact) mass is 239 g/mol. The third-order valence-corrected chi connectivity index (χ3v) is 3.62. The minimum Gasteiger partial charge on any atom is -0.486 e. The second-order valence-electron chi connectivity index (χ2n) is 4.01. The van der Waals surface area contributed by atoms with Crippen LogP contribution >= 0.6 is 11.8 Å². The third kappa shape index (κ3) is 3.06. The molecule has 4 heteroatoms. The zero-order valence-electron chi connectivity index (χ0n) is 9.39. The maximum Gasteiger partial charge on any atom is 0.161 e. The number of thioether (sulfide) groups is 1. The van der Waals surface area contributed by atoms with E-state index in [-0.39, 0.29) is 12.1 Å². The molecule has 1 aliphatic rings. The summed E-state index contributed by atoms with van der Waals surface area (Å²) in [4.78, 5) is 0. The number of benzene rings is 1. The quantitative estimate of drug-likeness (QED) is 0.871. The molecule has 0 saturated heterocycles. The normalized spacial score (nSPS) is 20.5. The molecule has 1 aliphatic heterocycles. The Morgan fingerprint density at radius 1 is 1.44 bits per heavy atom. The third-order valence-electron chi connectivity index (χ3n) is 2.25. The van der Waals surface area contributed by atoms with Crippen LogP contribution in [0.1, 0.15) is 6.92 Å². The molecule has 3 nitrogen and oxygen atoms in total. The van der Waals surface area contributed by atoms with Gasteiger partial charge < -0.3 is 15.2 Å². The predicted molar refractivity (Wildman–Crippen MR) is 67.3 cm³/mol. The minimum atomic E-state index is 0.138. The highest BCUT2D eigenvalue weighted by molar-refractivity contribution is 7.99. The summed E-state index contributed by atoms with van der Waals surface area (Å²) in [6.45, 7) is 2.64. The van der Waals surface area contributed by atoms with Gasteiger partial charge in [0, 0.05) is 17.5 Å². The van der Waals surface area contributed by atoms with Crippen LogP contribution in [0.2, 0.25) is 0 Å². The molecule has 1 aromatic carbocycles. The molecule has 1 aromatic rings. The molecule has 1 heterocycles. The fourth-order valence-electron chi connectivity index (χ4n) is 1.53. The predicted octanol–water partition coefficient (Wildman–Crippen LogP) is 1.91. The van der Waals surface area contributed by atoms with E-state index in [0.717, 1.165) is 23.0 Å². The van der Waals surface area contributed by atoms with E-state index in [2.05, 4.69) is 0 Å². The fourth-order valence-corrected chi connectivity index (χ4v) is 2.47. The zero-order chi connectivity index (χ0) is 11.4. The van der Waals surface area contributed by atoms with Crippen molar-refractivity contribution in [3.8, 4) is 11.5 Å². The van der Waals surface area contributed by atoms with Crippen LogP contribution in [-0.4, -0.2) is 30.3 Å². The van der Waals surface area contributed by atoms with E-state index in [1.165, 1.54) is 0 Å². The van der Waals surface area contributed by atoms with Gasteiger partial charge in [-0.25, -0.2) is 0 Å². The lowest BCUT2D eigenvalue weighted by molar-refractivity contribution is 0.107. The molecular formula is C12H17NO2S. The van der Waals surface area contributed by atoms with Gasteiger partial charge in [-0.2, -0.15) is 11.8 Å². The van der Waals surface area contributed by atoms with Crippen molar-refractivity contribution < 1.29 is 9.47 Å². The molecule has 2 unspecified atom stereocenters. The summed E-state index contributed by atoms with van der Waals surface area (Å²) in [7, 11) is 0. The van der Waals surface area contributed by atoms with Crippen molar-refractivity contribution >= 4 is 11.8 Å². The second kappa shape index (κ2) is 5.46. The summed E-state index contributed by atoms with van der Waals surface area (Å²) < 4.78 is 11.5. The number of rotatable bonds is 4. The Kier molecular flexibility index (Phi) is 3.96. The maximum atomic E-state index is 5.83. The van der Waals surface area contributed by atoms with Crippen LogP contribution in [0, 0.1) is 0 Å². The first-order valence-electron chi connectivity index (χ1n) is 5.47. The number of hydrogen-bond acceptors (Lipinski definition) is 4. The summed E-state index contributed by atoms with van der Waals surface area (Å²) in [5, 5.41) is 0. The van der Waals surface area contributed by atoms with Gasteiger partial charge in [-0.1, -0.05) is 12.1 Å². The Morgan fingerprint density at radius 2 is 2.19 bits per heavy atom. The molecule has 2 atom stereocenters. The van der Waals surface area contributed by atoms with Gasteiger partial charge in [0.2, 0.25) is 0 Å². The van der Waals surface area contributed by atoms with Crippen molar-refractivity contribution in [3.05, 3.63) is 24.3 Å². The van der Waals surface area contributed by atoms with Crippen LogP contribution in [0.4, 0.5) is 0 Å². The molecule has 16 heavy (non-hydrogen) atoms. The van der Waals surface area contributed by atoms with Crippen molar-refractivity contribution in [1.82, 2.24) is 0 Å². The SMILES string of the molecule is CC(N)CSCC1COc2ccccc2O1. The lowest BCUT2D eigenvalue weighted by atomic mass is 10.3. The Morgan fingerprint density at radius 3 is 2.94 bits per heavy atom. The summed E-state index contributed by atoms with van der Waals surface area (Å²) in [6.07, 6.45) is 0.138. The van der Waals surface area contributed by atoms with Gasteiger partial charge in [0.1, 0.15) is 12.7 Å². The number of para-hydroxylation sites is 2.